The highest BCUT2D eigenvalue weighted by Crippen LogP contribution is 2.34. The molecule has 4 rings (SSSR count). The van der Waals surface area contributed by atoms with Gasteiger partial charge < -0.3 is 19.1 Å². The third-order valence-corrected chi connectivity index (χ3v) is 6.16. The van der Waals surface area contributed by atoms with Crippen molar-refractivity contribution in [1.82, 2.24) is 9.47 Å². The number of thioether (sulfide) groups is 1. The van der Waals surface area contributed by atoms with Crippen LogP contribution in [0.2, 0.25) is 0 Å². The van der Waals surface area contributed by atoms with Crippen LogP contribution >= 0.6 is 11.8 Å². The Morgan fingerprint density at radius 2 is 1.82 bits per heavy atom. The minimum Gasteiger partial charge on any atom is -0.497 e. The van der Waals surface area contributed by atoms with Gasteiger partial charge in [0.15, 0.2) is 5.17 Å². The van der Waals surface area contributed by atoms with Crippen molar-refractivity contribution < 1.29 is 24.2 Å². The molecule has 1 aliphatic heterocycles. The fourth-order valence-corrected chi connectivity index (χ4v) is 4.39. The molecule has 0 aliphatic carbocycles. The summed E-state index contributed by atoms with van der Waals surface area (Å²) < 4.78 is 12.3. The lowest BCUT2D eigenvalue weighted by atomic mass is 10.2. The molecule has 174 valence electrons. The number of carboxylic acids is 1. The Morgan fingerprint density at radius 1 is 1.09 bits per heavy atom. The number of aliphatic imine (C=N–C) groups is 1. The fraction of sp³-hybridized carbons (Fsp3) is 0.160. The predicted molar refractivity (Wildman–Crippen MR) is 132 cm³/mol. The SMILES string of the molecule is COCCN1C(=O)/C(=C/c2cccn2-c2ccc(C(=O)O)cc2)SC1=Nc1ccc(OC)cc1. The standard InChI is InChI=1S/C25H23N3O5S/c1-32-15-14-28-23(29)22(34-25(28)26-18-7-11-21(33-2)12-8-18)16-20-4-3-13-27(20)19-9-5-17(6-10-19)24(30)31/h3-13,16H,14-15H2,1-2H3,(H,30,31)/b22-16-,26-25?. The zero-order chi connectivity index (χ0) is 24.1. The number of amides is 1. The lowest BCUT2D eigenvalue weighted by molar-refractivity contribution is -0.122. The summed E-state index contributed by atoms with van der Waals surface area (Å²) in [6.07, 6.45) is 3.68. The Balaban J connectivity index is 1.65. The van der Waals surface area contributed by atoms with Gasteiger partial charge in [0.2, 0.25) is 0 Å². The van der Waals surface area contributed by atoms with Gasteiger partial charge in [-0.2, -0.15) is 0 Å². The van der Waals surface area contributed by atoms with Gasteiger partial charge in [0.1, 0.15) is 5.75 Å². The van der Waals surface area contributed by atoms with Crippen molar-refractivity contribution in [2.75, 3.05) is 27.4 Å². The van der Waals surface area contributed by atoms with Crippen LogP contribution in [0.1, 0.15) is 16.1 Å². The molecule has 2 aromatic carbocycles. The minimum absolute atomic E-state index is 0.150. The third kappa shape index (κ3) is 5.05. The number of aromatic carboxylic acids is 1. The molecule has 1 amide bonds. The number of carbonyl (C=O) groups is 2. The van der Waals surface area contributed by atoms with Crippen molar-refractivity contribution >= 4 is 40.6 Å². The topological polar surface area (TPSA) is 93.4 Å². The summed E-state index contributed by atoms with van der Waals surface area (Å²) in [7, 11) is 3.19. The average Bonchev–Trinajstić information content (AvgIpc) is 3.43. The predicted octanol–water partition coefficient (Wildman–Crippen LogP) is 4.43. The highest BCUT2D eigenvalue weighted by atomic mass is 32.2. The second kappa shape index (κ2) is 10.4. The molecule has 34 heavy (non-hydrogen) atoms. The van der Waals surface area contributed by atoms with E-state index in [0.717, 1.165) is 17.1 Å². The molecule has 0 radical (unpaired) electrons. The second-order valence-corrected chi connectivity index (χ2v) is 8.32. The number of carboxylic acid groups (broad SMARTS) is 1. The van der Waals surface area contributed by atoms with Gasteiger partial charge in [0.25, 0.3) is 5.91 Å². The second-order valence-electron chi connectivity index (χ2n) is 7.31. The summed E-state index contributed by atoms with van der Waals surface area (Å²) in [5.41, 5.74) is 2.50. The normalized spacial score (nSPS) is 15.9. The molecule has 3 aromatic rings. The maximum Gasteiger partial charge on any atom is 0.335 e. The van der Waals surface area contributed by atoms with Crippen molar-refractivity contribution in [2.24, 2.45) is 4.99 Å². The minimum atomic E-state index is -0.978. The van der Waals surface area contributed by atoms with E-state index in [1.54, 1.807) is 43.4 Å². The molecular formula is C25H23N3O5S. The van der Waals surface area contributed by atoms with E-state index in [0.29, 0.717) is 28.9 Å². The van der Waals surface area contributed by atoms with Crippen LogP contribution in [0.5, 0.6) is 5.75 Å². The molecule has 0 saturated carbocycles. The zero-order valence-corrected chi connectivity index (χ0v) is 19.5. The fourth-order valence-electron chi connectivity index (χ4n) is 3.38. The summed E-state index contributed by atoms with van der Waals surface area (Å²) in [6.45, 7) is 0.764. The summed E-state index contributed by atoms with van der Waals surface area (Å²) in [5, 5.41) is 9.71. The zero-order valence-electron chi connectivity index (χ0n) is 18.7. The number of benzene rings is 2. The van der Waals surface area contributed by atoms with Gasteiger partial charge in [-0.3, -0.25) is 9.69 Å². The molecule has 1 fully saturated rings. The summed E-state index contributed by atoms with van der Waals surface area (Å²) >= 11 is 1.30. The van der Waals surface area contributed by atoms with Crippen molar-refractivity contribution in [2.45, 2.75) is 0 Å². The van der Waals surface area contributed by atoms with E-state index in [4.69, 9.17) is 14.6 Å². The smallest absolute Gasteiger partial charge is 0.335 e. The maximum absolute atomic E-state index is 13.2. The van der Waals surface area contributed by atoms with E-state index in [1.807, 2.05) is 53.2 Å². The maximum atomic E-state index is 13.2. The Labute approximate surface area is 201 Å². The molecule has 9 heteroatoms. The molecule has 1 saturated heterocycles. The largest absolute Gasteiger partial charge is 0.497 e. The van der Waals surface area contributed by atoms with E-state index < -0.39 is 5.97 Å². The lowest BCUT2D eigenvalue weighted by Gasteiger charge is -2.14. The summed E-state index contributed by atoms with van der Waals surface area (Å²) in [4.78, 5) is 31.2. The van der Waals surface area contributed by atoms with Gasteiger partial charge in [-0.25, -0.2) is 9.79 Å². The van der Waals surface area contributed by atoms with Crippen molar-refractivity contribution in [3.8, 4) is 11.4 Å². The number of aromatic nitrogens is 1. The number of amidine groups is 1. The Bertz CT molecular complexity index is 1250. The highest BCUT2D eigenvalue weighted by Gasteiger charge is 2.33. The molecule has 0 bridgehead atoms. The molecular weight excluding hydrogens is 454 g/mol. The van der Waals surface area contributed by atoms with Crippen LogP contribution in [-0.2, 0) is 9.53 Å². The van der Waals surface area contributed by atoms with Gasteiger partial charge in [-0.15, -0.1) is 0 Å². The number of rotatable bonds is 8. The molecule has 0 unspecified atom stereocenters. The Morgan fingerprint density at radius 3 is 2.47 bits per heavy atom. The first-order valence-electron chi connectivity index (χ1n) is 10.4. The lowest BCUT2D eigenvalue weighted by Crippen LogP contribution is -2.32. The van der Waals surface area contributed by atoms with Crippen LogP contribution < -0.4 is 4.74 Å². The Kier molecular flexibility index (Phi) is 7.15. The van der Waals surface area contributed by atoms with Crippen LogP contribution in [-0.4, -0.2) is 59.0 Å². The summed E-state index contributed by atoms with van der Waals surface area (Å²) in [6, 6.07) is 17.6. The van der Waals surface area contributed by atoms with Gasteiger partial charge >= 0.3 is 5.97 Å². The number of hydrogen-bond acceptors (Lipinski definition) is 6. The third-order valence-electron chi connectivity index (χ3n) is 5.16. The molecule has 8 nitrogen and oxygen atoms in total. The van der Waals surface area contributed by atoms with Crippen LogP contribution in [0, 0.1) is 0 Å². The van der Waals surface area contributed by atoms with E-state index in [2.05, 4.69) is 4.99 Å². The molecule has 2 heterocycles. The van der Waals surface area contributed by atoms with Crippen LogP contribution in [0.3, 0.4) is 0 Å². The van der Waals surface area contributed by atoms with Gasteiger partial charge in [0, 0.05) is 24.7 Å². The van der Waals surface area contributed by atoms with Crippen molar-refractivity contribution in [1.29, 1.82) is 0 Å². The quantitative estimate of drug-likeness (QED) is 0.483. The van der Waals surface area contributed by atoms with Gasteiger partial charge in [-0.05, 0) is 78.5 Å². The van der Waals surface area contributed by atoms with Crippen molar-refractivity contribution in [3.05, 3.63) is 83.0 Å². The number of methoxy groups -OCH3 is 2. The monoisotopic (exact) mass is 477 g/mol. The number of nitrogens with zero attached hydrogens (tertiary/aromatic N) is 3. The van der Waals surface area contributed by atoms with E-state index in [-0.39, 0.29) is 11.5 Å². The molecule has 1 N–H and O–H groups in total. The van der Waals surface area contributed by atoms with Crippen LogP contribution in [0.15, 0.2) is 76.8 Å². The number of hydrogen-bond donors (Lipinski definition) is 1. The van der Waals surface area contributed by atoms with Crippen LogP contribution in [0.4, 0.5) is 5.69 Å². The first-order valence-corrected chi connectivity index (χ1v) is 11.3. The van der Waals surface area contributed by atoms with Gasteiger partial charge in [0.05, 0.1) is 36.4 Å². The molecule has 1 aromatic heterocycles. The molecule has 0 spiro atoms. The summed E-state index contributed by atoms with van der Waals surface area (Å²) in [5.74, 6) is -0.398. The van der Waals surface area contributed by atoms with E-state index in [1.165, 1.54) is 11.8 Å². The van der Waals surface area contributed by atoms with E-state index in [9.17, 15) is 9.59 Å². The van der Waals surface area contributed by atoms with Crippen molar-refractivity contribution in [3.63, 3.8) is 0 Å². The van der Waals surface area contributed by atoms with E-state index >= 15 is 0 Å². The highest BCUT2D eigenvalue weighted by molar-refractivity contribution is 8.18. The number of ether oxygens (including phenoxy) is 2. The first-order chi connectivity index (χ1) is 16.5. The first kappa shape index (κ1) is 23.3. The average molecular weight is 478 g/mol. The Hall–Kier alpha value is -3.82. The number of carbonyl (C=O) groups excluding carboxylic acids is 1. The molecule has 0 atom stereocenters. The van der Waals surface area contributed by atoms with Gasteiger partial charge in [-0.1, -0.05) is 0 Å². The van der Waals surface area contributed by atoms with Crippen LogP contribution in [0.25, 0.3) is 11.8 Å². The molecule has 1 aliphatic rings.